The minimum absolute atomic E-state index is 0.0203. The van der Waals surface area contributed by atoms with Crippen LogP contribution >= 0.6 is 11.3 Å². The summed E-state index contributed by atoms with van der Waals surface area (Å²) in [7, 11) is 0. The summed E-state index contributed by atoms with van der Waals surface area (Å²) in [4.78, 5) is 14.8. The summed E-state index contributed by atoms with van der Waals surface area (Å²) in [6.07, 6.45) is 0. The molecule has 0 spiro atoms. The van der Waals surface area contributed by atoms with Gasteiger partial charge in [0.15, 0.2) is 17.5 Å². The maximum Gasteiger partial charge on any atom is 0.164 e. The molecule has 238 valence electrons. The Kier molecular flexibility index (Phi) is 5.08. The van der Waals surface area contributed by atoms with E-state index >= 15 is 0 Å². The maximum atomic E-state index is 8.83. The standard InChI is InChI=1S/C45H26N4OS/c1-2-12-27(13-3-1)43-46-44(48-45(47-43)32-17-10-22-38-41(32)31-16-6-9-21-37(31)50-38)28-24-25-39-33(26-28)42-36(20-11-23-40(42)51-39)49-34-18-7-4-14-29(34)30-15-5-8-19-35(30)49/h1-26H/i1D,2D,3D,12D,13D. The largest absolute Gasteiger partial charge is 0.456 e. The highest BCUT2D eigenvalue weighted by Gasteiger charge is 2.20. The summed E-state index contributed by atoms with van der Waals surface area (Å²) >= 11 is 1.71. The number of benzene rings is 7. The van der Waals surface area contributed by atoms with Crippen LogP contribution in [0.5, 0.6) is 0 Å². The smallest absolute Gasteiger partial charge is 0.164 e. The molecule has 11 aromatic rings. The van der Waals surface area contributed by atoms with E-state index in [0.29, 0.717) is 28.1 Å². The number of fused-ring (bicyclic) bond motifs is 9. The number of furan rings is 1. The van der Waals surface area contributed by atoms with Crippen molar-refractivity contribution in [1.82, 2.24) is 19.5 Å². The number of rotatable bonds is 4. The predicted molar refractivity (Wildman–Crippen MR) is 211 cm³/mol. The topological polar surface area (TPSA) is 56.7 Å². The van der Waals surface area contributed by atoms with E-state index in [1.165, 1.54) is 10.8 Å². The van der Waals surface area contributed by atoms with E-state index in [1.54, 1.807) is 11.3 Å². The second-order valence-electron chi connectivity index (χ2n) is 12.4. The van der Waals surface area contributed by atoms with Crippen LogP contribution in [0.15, 0.2) is 162 Å². The van der Waals surface area contributed by atoms with E-state index in [-0.39, 0.29) is 29.3 Å². The van der Waals surface area contributed by atoms with Gasteiger partial charge in [-0.1, -0.05) is 103 Å². The van der Waals surface area contributed by atoms with Crippen LogP contribution in [-0.2, 0) is 0 Å². The second kappa shape index (κ2) is 10.9. The van der Waals surface area contributed by atoms with Crippen LogP contribution in [-0.4, -0.2) is 19.5 Å². The van der Waals surface area contributed by atoms with Crippen molar-refractivity contribution in [2.45, 2.75) is 0 Å². The molecule has 0 aliphatic rings. The molecule has 0 saturated carbocycles. The van der Waals surface area contributed by atoms with Crippen LogP contribution in [0, 0.1) is 0 Å². The molecule has 0 N–H and O–H groups in total. The molecule has 0 fully saturated rings. The van der Waals surface area contributed by atoms with Crippen LogP contribution in [0.2, 0.25) is 0 Å². The van der Waals surface area contributed by atoms with E-state index in [0.717, 1.165) is 47.7 Å². The molecule has 0 atom stereocenters. The van der Waals surface area contributed by atoms with Crippen molar-refractivity contribution in [2.75, 3.05) is 0 Å². The average Bonchev–Trinajstić information content (AvgIpc) is 3.91. The average molecular weight is 676 g/mol. The number of para-hydroxylation sites is 3. The lowest BCUT2D eigenvalue weighted by Crippen LogP contribution is -2.00. The Morgan fingerprint density at radius 1 is 0.510 bits per heavy atom. The lowest BCUT2D eigenvalue weighted by Gasteiger charge is -2.11. The molecule has 0 radical (unpaired) electrons. The summed E-state index contributed by atoms with van der Waals surface area (Å²) in [6, 6.07) is 40.7. The van der Waals surface area contributed by atoms with E-state index in [4.69, 9.17) is 26.2 Å². The van der Waals surface area contributed by atoms with Gasteiger partial charge in [-0.25, -0.2) is 15.0 Å². The Labute approximate surface area is 302 Å². The fourth-order valence-electron chi connectivity index (χ4n) is 7.38. The van der Waals surface area contributed by atoms with Crippen LogP contribution in [0.4, 0.5) is 0 Å². The van der Waals surface area contributed by atoms with Crippen molar-refractivity contribution in [1.29, 1.82) is 0 Å². The summed E-state index contributed by atoms with van der Waals surface area (Å²) in [5.74, 6) is 0.570. The molecular formula is C45H26N4OS. The molecular weight excluding hydrogens is 645 g/mol. The molecule has 7 aromatic carbocycles. The van der Waals surface area contributed by atoms with Crippen LogP contribution in [0.3, 0.4) is 0 Å². The van der Waals surface area contributed by atoms with Crippen molar-refractivity contribution in [3.8, 4) is 39.9 Å². The number of nitrogens with zero attached hydrogens (tertiary/aromatic N) is 4. The lowest BCUT2D eigenvalue weighted by atomic mass is 10.0. The monoisotopic (exact) mass is 675 g/mol. The Hall–Kier alpha value is -6.63. The first kappa shape index (κ1) is 23.7. The number of hydrogen-bond donors (Lipinski definition) is 0. The van der Waals surface area contributed by atoms with Gasteiger partial charge in [0.1, 0.15) is 11.2 Å². The summed E-state index contributed by atoms with van der Waals surface area (Å²) in [5, 5.41) is 6.16. The van der Waals surface area contributed by atoms with Gasteiger partial charge in [-0.3, -0.25) is 0 Å². The molecule has 0 saturated heterocycles. The van der Waals surface area contributed by atoms with Crippen LogP contribution in [0.1, 0.15) is 6.85 Å². The highest BCUT2D eigenvalue weighted by molar-refractivity contribution is 7.25. The maximum absolute atomic E-state index is 8.83. The van der Waals surface area contributed by atoms with Crippen molar-refractivity contribution in [3.63, 3.8) is 0 Å². The fraction of sp³-hybridized carbons (Fsp3) is 0. The summed E-state index contributed by atoms with van der Waals surface area (Å²) < 4.78 is 53.5. The zero-order valence-corrected chi connectivity index (χ0v) is 27.5. The number of aromatic nitrogens is 4. The first-order valence-electron chi connectivity index (χ1n) is 19.0. The SMILES string of the molecule is [2H]c1c([2H])c([2H])c(-c2nc(-c3ccc4sc5cccc(-n6c7ccccc7c7ccccc76)c5c4c3)nc(-c3cccc4oc5ccccc5c34)n2)c([2H])c1[2H]. The minimum Gasteiger partial charge on any atom is -0.456 e. The molecule has 5 nitrogen and oxygen atoms in total. The van der Waals surface area contributed by atoms with E-state index < -0.39 is 18.1 Å². The molecule has 51 heavy (non-hydrogen) atoms. The number of hydrogen-bond acceptors (Lipinski definition) is 5. The van der Waals surface area contributed by atoms with Gasteiger partial charge in [-0.15, -0.1) is 11.3 Å². The van der Waals surface area contributed by atoms with Crippen molar-refractivity contribution in [2.24, 2.45) is 0 Å². The number of thiophene rings is 1. The molecule has 0 aliphatic heterocycles. The van der Waals surface area contributed by atoms with Gasteiger partial charge in [0.25, 0.3) is 0 Å². The lowest BCUT2D eigenvalue weighted by molar-refractivity contribution is 0.669. The zero-order chi connectivity index (χ0) is 37.8. The van der Waals surface area contributed by atoms with Gasteiger partial charge in [0, 0.05) is 58.4 Å². The Morgan fingerprint density at radius 2 is 1.18 bits per heavy atom. The highest BCUT2D eigenvalue weighted by Crippen LogP contribution is 2.42. The van der Waals surface area contributed by atoms with Crippen molar-refractivity contribution >= 4 is 75.3 Å². The molecule has 0 unspecified atom stereocenters. The minimum atomic E-state index is -0.485. The van der Waals surface area contributed by atoms with Gasteiger partial charge < -0.3 is 8.98 Å². The van der Waals surface area contributed by atoms with Gasteiger partial charge in [0.2, 0.25) is 0 Å². The fourth-order valence-corrected chi connectivity index (χ4v) is 8.48. The quantitative estimate of drug-likeness (QED) is 0.186. The van der Waals surface area contributed by atoms with E-state index in [9.17, 15) is 0 Å². The molecule has 4 heterocycles. The first-order chi connectivity index (χ1) is 27.4. The third kappa shape index (κ3) is 4.30. The molecule has 0 bridgehead atoms. The van der Waals surface area contributed by atoms with Crippen molar-refractivity contribution < 1.29 is 11.3 Å². The predicted octanol–water partition coefficient (Wildman–Crippen LogP) is 12.2. The Bertz CT molecular complexity index is 3380. The van der Waals surface area contributed by atoms with E-state index in [1.807, 2.05) is 48.5 Å². The highest BCUT2D eigenvalue weighted by atomic mass is 32.1. The molecule has 11 rings (SSSR count). The van der Waals surface area contributed by atoms with Crippen LogP contribution in [0.25, 0.3) is 104 Å². The zero-order valence-electron chi connectivity index (χ0n) is 31.7. The van der Waals surface area contributed by atoms with Crippen LogP contribution < -0.4 is 0 Å². The normalized spacial score (nSPS) is 13.3. The van der Waals surface area contributed by atoms with Gasteiger partial charge in [-0.2, -0.15) is 0 Å². The Morgan fingerprint density at radius 3 is 1.98 bits per heavy atom. The molecule has 4 aromatic heterocycles. The summed E-state index contributed by atoms with van der Waals surface area (Å²) in [5.41, 5.74) is 5.91. The van der Waals surface area contributed by atoms with Gasteiger partial charge >= 0.3 is 0 Å². The van der Waals surface area contributed by atoms with E-state index in [2.05, 4.69) is 83.4 Å². The first-order valence-corrected chi connectivity index (χ1v) is 17.4. The third-order valence-corrected chi connectivity index (χ3v) is 10.7. The second-order valence-corrected chi connectivity index (χ2v) is 13.5. The molecule has 0 amide bonds. The van der Waals surface area contributed by atoms with Gasteiger partial charge in [-0.05, 0) is 54.6 Å². The molecule has 6 heteroatoms. The van der Waals surface area contributed by atoms with Crippen molar-refractivity contribution in [3.05, 3.63) is 158 Å². The third-order valence-electron chi connectivity index (χ3n) is 9.55. The summed E-state index contributed by atoms with van der Waals surface area (Å²) in [6.45, 7) is 0. The molecule has 0 aliphatic carbocycles. The Balaban J connectivity index is 1.19. The van der Waals surface area contributed by atoms with Gasteiger partial charge in [0.05, 0.1) is 23.6 Å².